The van der Waals surface area contributed by atoms with E-state index in [2.05, 4.69) is 30.7 Å². The smallest absolute Gasteiger partial charge is 0.0820 e. The van der Waals surface area contributed by atoms with E-state index in [1.807, 2.05) is 0 Å². The molecule has 0 aromatic carbocycles. The van der Waals surface area contributed by atoms with E-state index < -0.39 is 0 Å². The van der Waals surface area contributed by atoms with Crippen molar-refractivity contribution in [2.24, 2.45) is 11.8 Å². The Bertz CT molecular complexity index is 374. The minimum Gasteiger partial charge on any atom is -0.376 e. The predicted molar refractivity (Wildman–Crippen MR) is 81.1 cm³/mol. The molecule has 0 radical (unpaired) electrons. The van der Waals surface area contributed by atoms with Gasteiger partial charge in [0.25, 0.3) is 0 Å². The van der Waals surface area contributed by atoms with Gasteiger partial charge in [-0.2, -0.15) is 0 Å². The highest BCUT2D eigenvalue weighted by molar-refractivity contribution is 7.10. The zero-order valence-corrected chi connectivity index (χ0v) is 12.8. The monoisotopic (exact) mass is 282 g/mol. The Morgan fingerprint density at radius 2 is 2.16 bits per heavy atom. The first-order valence-corrected chi connectivity index (χ1v) is 8.27. The normalized spacial score (nSPS) is 20.4. The molecule has 1 saturated carbocycles. The molecule has 2 atom stereocenters. The molecular formula is C15H26N2OS. The predicted octanol–water partition coefficient (Wildman–Crippen LogP) is 3.55. The summed E-state index contributed by atoms with van der Waals surface area (Å²) in [5.74, 6) is 6.48. The number of hydrazine groups is 1. The number of nitrogens with one attached hydrogen (secondary N) is 1. The van der Waals surface area contributed by atoms with Gasteiger partial charge in [0.05, 0.1) is 12.1 Å². The lowest BCUT2D eigenvalue weighted by Gasteiger charge is -2.35. The summed E-state index contributed by atoms with van der Waals surface area (Å²) < 4.78 is 6.08. The second-order valence-corrected chi connectivity index (χ2v) is 6.38. The van der Waals surface area contributed by atoms with Crippen molar-refractivity contribution in [3.05, 3.63) is 21.9 Å². The molecule has 0 saturated heterocycles. The lowest BCUT2D eigenvalue weighted by molar-refractivity contribution is -0.0177. The van der Waals surface area contributed by atoms with E-state index in [0.29, 0.717) is 5.92 Å². The third-order valence-corrected chi connectivity index (χ3v) is 5.27. The lowest BCUT2D eigenvalue weighted by Crippen LogP contribution is -2.42. The second kappa shape index (κ2) is 7.39. The molecule has 1 fully saturated rings. The molecule has 0 aliphatic heterocycles. The van der Waals surface area contributed by atoms with Gasteiger partial charge in [-0.3, -0.25) is 5.84 Å². The second-order valence-electron chi connectivity index (χ2n) is 5.43. The number of hydrogen-bond donors (Lipinski definition) is 2. The van der Waals surface area contributed by atoms with Crippen molar-refractivity contribution >= 4 is 11.3 Å². The summed E-state index contributed by atoms with van der Waals surface area (Å²) in [6.45, 7) is 4.98. The van der Waals surface area contributed by atoms with Crippen molar-refractivity contribution in [2.45, 2.75) is 58.1 Å². The molecule has 4 heteroatoms. The molecule has 0 bridgehead atoms. The number of ether oxygens (including phenoxy) is 1. The van der Waals surface area contributed by atoms with Crippen molar-refractivity contribution in [1.82, 2.24) is 5.43 Å². The summed E-state index contributed by atoms with van der Waals surface area (Å²) in [6.07, 6.45) is 6.77. The fourth-order valence-corrected chi connectivity index (χ4v) is 4.20. The molecular weight excluding hydrogens is 256 g/mol. The minimum absolute atomic E-state index is 0.128. The number of nitrogens with two attached hydrogens (primary N) is 1. The van der Waals surface area contributed by atoms with E-state index in [-0.39, 0.29) is 12.1 Å². The maximum Gasteiger partial charge on any atom is 0.0820 e. The van der Waals surface area contributed by atoms with Crippen LogP contribution in [0, 0.1) is 12.8 Å². The summed E-state index contributed by atoms with van der Waals surface area (Å²) in [5.41, 5.74) is 4.33. The summed E-state index contributed by atoms with van der Waals surface area (Å²) in [4.78, 5) is 1.33. The lowest BCUT2D eigenvalue weighted by atomic mass is 9.82. The van der Waals surface area contributed by atoms with Gasteiger partial charge in [0.15, 0.2) is 0 Å². The van der Waals surface area contributed by atoms with E-state index in [0.717, 1.165) is 6.61 Å². The maximum atomic E-state index is 6.08. The van der Waals surface area contributed by atoms with Gasteiger partial charge in [-0.25, -0.2) is 5.43 Å². The van der Waals surface area contributed by atoms with Crippen molar-refractivity contribution in [3.8, 4) is 0 Å². The quantitative estimate of drug-likeness (QED) is 0.619. The van der Waals surface area contributed by atoms with E-state index in [1.54, 1.807) is 11.3 Å². The van der Waals surface area contributed by atoms with Crippen LogP contribution >= 0.6 is 11.3 Å². The van der Waals surface area contributed by atoms with Crippen molar-refractivity contribution in [1.29, 1.82) is 0 Å². The van der Waals surface area contributed by atoms with E-state index in [1.165, 1.54) is 42.5 Å². The van der Waals surface area contributed by atoms with Crippen LogP contribution in [-0.4, -0.2) is 12.7 Å². The molecule has 1 heterocycles. The molecule has 1 aliphatic carbocycles. The van der Waals surface area contributed by atoms with Crippen LogP contribution in [0.3, 0.4) is 0 Å². The molecule has 1 aliphatic rings. The first-order valence-electron chi connectivity index (χ1n) is 7.39. The highest BCUT2D eigenvalue weighted by Crippen LogP contribution is 2.36. The number of rotatable bonds is 6. The molecule has 3 nitrogen and oxygen atoms in total. The number of hydrogen-bond acceptors (Lipinski definition) is 4. The minimum atomic E-state index is 0.128. The van der Waals surface area contributed by atoms with Crippen LogP contribution < -0.4 is 11.3 Å². The standard InChI is InChI=1S/C15H26N2OS/c1-3-18-14(12-7-5-4-6-8-12)13(17-16)15-11(2)9-10-19-15/h9-10,12-14,17H,3-8,16H2,1-2H3. The number of aryl methyl sites for hydroxylation is 1. The van der Waals surface area contributed by atoms with Crippen LogP contribution in [0.5, 0.6) is 0 Å². The Morgan fingerprint density at radius 1 is 1.42 bits per heavy atom. The van der Waals surface area contributed by atoms with Crippen LogP contribution in [0.25, 0.3) is 0 Å². The van der Waals surface area contributed by atoms with Crippen LogP contribution in [0.1, 0.15) is 55.5 Å². The van der Waals surface area contributed by atoms with E-state index in [4.69, 9.17) is 10.6 Å². The number of thiophene rings is 1. The van der Waals surface area contributed by atoms with Gasteiger partial charge >= 0.3 is 0 Å². The van der Waals surface area contributed by atoms with Crippen LogP contribution in [0.4, 0.5) is 0 Å². The van der Waals surface area contributed by atoms with Crippen molar-refractivity contribution < 1.29 is 4.74 Å². The zero-order chi connectivity index (χ0) is 13.7. The first-order chi connectivity index (χ1) is 9.27. The van der Waals surface area contributed by atoms with Crippen LogP contribution in [-0.2, 0) is 4.74 Å². The van der Waals surface area contributed by atoms with Crippen molar-refractivity contribution in [2.75, 3.05) is 6.61 Å². The molecule has 2 unspecified atom stereocenters. The van der Waals surface area contributed by atoms with Gasteiger partial charge in [-0.1, -0.05) is 19.3 Å². The average Bonchev–Trinajstić information content (AvgIpc) is 2.86. The van der Waals surface area contributed by atoms with Crippen LogP contribution in [0.15, 0.2) is 11.4 Å². The SMILES string of the molecule is CCOC(C1CCCCC1)C(NN)c1sccc1C. The van der Waals surface area contributed by atoms with E-state index >= 15 is 0 Å². The first kappa shape index (κ1) is 15.0. The summed E-state index contributed by atoms with van der Waals surface area (Å²) in [6, 6.07) is 2.29. The Balaban J connectivity index is 2.17. The third kappa shape index (κ3) is 3.57. The molecule has 2 rings (SSSR count). The zero-order valence-electron chi connectivity index (χ0n) is 12.0. The Labute approximate surface area is 120 Å². The third-order valence-electron chi connectivity index (χ3n) is 4.17. The molecule has 3 N–H and O–H groups in total. The molecule has 0 amide bonds. The average molecular weight is 282 g/mol. The Morgan fingerprint density at radius 3 is 2.68 bits per heavy atom. The molecule has 108 valence electrons. The van der Waals surface area contributed by atoms with Gasteiger partial charge in [-0.15, -0.1) is 11.3 Å². The summed E-state index contributed by atoms with van der Waals surface area (Å²) in [7, 11) is 0. The summed E-state index contributed by atoms with van der Waals surface area (Å²) >= 11 is 1.78. The highest BCUT2D eigenvalue weighted by Gasteiger charge is 2.32. The highest BCUT2D eigenvalue weighted by atomic mass is 32.1. The fourth-order valence-electron chi connectivity index (χ4n) is 3.18. The van der Waals surface area contributed by atoms with Crippen molar-refractivity contribution in [3.63, 3.8) is 0 Å². The topological polar surface area (TPSA) is 47.3 Å². The van der Waals surface area contributed by atoms with Gasteiger partial charge in [0, 0.05) is 11.5 Å². The Hall–Kier alpha value is -0.420. The Kier molecular flexibility index (Phi) is 5.82. The van der Waals surface area contributed by atoms with Crippen LogP contribution in [0.2, 0.25) is 0 Å². The summed E-state index contributed by atoms with van der Waals surface area (Å²) in [5, 5.41) is 2.14. The molecule has 19 heavy (non-hydrogen) atoms. The molecule has 1 aromatic rings. The van der Waals surface area contributed by atoms with E-state index in [9.17, 15) is 0 Å². The largest absolute Gasteiger partial charge is 0.376 e. The van der Waals surface area contributed by atoms with Gasteiger partial charge < -0.3 is 4.74 Å². The van der Waals surface area contributed by atoms with Gasteiger partial charge in [0.1, 0.15) is 0 Å². The molecule has 0 spiro atoms. The van der Waals surface area contributed by atoms with Gasteiger partial charge in [0.2, 0.25) is 0 Å². The van der Waals surface area contributed by atoms with Gasteiger partial charge in [-0.05, 0) is 49.6 Å². The maximum absolute atomic E-state index is 6.08. The molecule has 1 aromatic heterocycles. The fraction of sp³-hybridized carbons (Fsp3) is 0.733.